The summed E-state index contributed by atoms with van der Waals surface area (Å²) in [5.41, 5.74) is 8.36. The van der Waals surface area contributed by atoms with E-state index in [4.69, 9.17) is 0 Å². The number of benzene rings is 2. The Morgan fingerprint density at radius 2 is 1.61 bits per heavy atom. The van der Waals surface area contributed by atoms with Crippen LogP contribution in [0.25, 0.3) is 22.3 Å². The number of nitrogens with zero attached hydrogens (tertiary/aromatic N) is 2. The first kappa shape index (κ1) is 17.0. The van der Waals surface area contributed by atoms with Crippen molar-refractivity contribution in [2.75, 3.05) is 5.32 Å². The summed E-state index contributed by atoms with van der Waals surface area (Å²) in [5.74, 6) is 0. The number of thioether (sulfide) groups is 1. The molecule has 1 atom stereocenters. The lowest BCUT2D eigenvalue weighted by molar-refractivity contribution is 1.13. The molecule has 0 fully saturated rings. The Morgan fingerprint density at radius 1 is 0.821 bits per heavy atom. The highest BCUT2D eigenvalue weighted by atomic mass is 32.2. The van der Waals surface area contributed by atoms with Crippen LogP contribution in [0.5, 0.6) is 0 Å². The molecule has 28 heavy (non-hydrogen) atoms. The summed E-state index contributed by atoms with van der Waals surface area (Å²) < 4.78 is 0. The minimum absolute atomic E-state index is 0.156. The standard InChI is InChI=1S/C24H19N3S/c1-16-6-9-23-22(12-16)27-24(28-23)21-13-17(18-4-2-10-25-14-18)7-8-20(21)19-5-3-11-26-15-19/h2-15,24,27H,1H3. The number of pyridine rings is 2. The zero-order chi connectivity index (χ0) is 18.9. The topological polar surface area (TPSA) is 37.8 Å². The van der Waals surface area contributed by atoms with Gasteiger partial charge in [0.2, 0.25) is 0 Å². The van der Waals surface area contributed by atoms with Crippen LogP contribution in [-0.2, 0) is 0 Å². The molecule has 0 radical (unpaired) electrons. The Morgan fingerprint density at radius 3 is 2.36 bits per heavy atom. The third kappa shape index (κ3) is 3.16. The molecule has 0 saturated carbocycles. The fourth-order valence-electron chi connectivity index (χ4n) is 3.58. The van der Waals surface area contributed by atoms with Crippen LogP contribution in [0, 0.1) is 6.92 Å². The van der Waals surface area contributed by atoms with Crippen LogP contribution in [0.1, 0.15) is 16.5 Å². The van der Waals surface area contributed by atoms with E-state index < -0.39 is 0 Å². The predicted molar refractivity (Wildman–Crippen MR) is 116 cm³/mol. The number of aromatic nitrogens is 2. The molecular weight excluding hydrogens is 362 g/mol. The SMILES string of the molecule is Cc1ccc2c(c1)NC(c1cc(-c3cccnc3)ccc1-c1cccnc1)S2. The van der Waals surface area contributed by atoms with E-state index in [9.17, 15) is 0 Å². The van der Waals surface area contributed by atoms with Crippen LogP contribution in [0.4, 0.5) is 5.69 Å². The molecule has 2 aromatic carbocycles. The summed E-state index contributed by atoms with van der Waals surface area (Å²) in [5, 5.41) is 3.86. The lowest BCUT2D eigenvalue weighted by Crippen LogP contribution is -2.04. The van der Waals surface area contributed by atoms with Crippen molar-refractivity contribution in [2.24, 2.45) is 0 Å². The molecule has 136 valence electrons. The molecule has 0 bridgehead atoms. The highest BCUT2D eigenvalue weighted by molar-refractivity contribution is 8.00. The molecule has 1 aliphatic heterocycles. The molecule has 1 aliphatic rings. The first-order valence-electron chi connectivity index (χ1n) is 9.26. The third-order valence-electron chi connectivity index (χ3n) is 4.97. The van der Waals surface area contributed by atoms with Gasteiger partial charge in [-0.2, -0.15) is 0 Å². The number of rotatable bonds is 3. The third-order valence-corrected chi connectivity index (χ3v) is 6.19. The van der Waals surface area contributed by atoms with Gasteiger partial charge in [0.25, 0.3) is 0 Å². The van der Waals surface area contributed by atoms with Gasteiger partial charge < -0.3 is 5.32 Å². The number of hydrogen-bond acceptors (Lipinski definition) is 4. The van der Waals surface area contributed by atoms with Crippen molar-refractivity contribution in [3.05, 3.63) is 96.6 Å². The molecule has 0 spiro atoms. The Balaban J connectivity index is 1.62. The van der Waals surface area contributed by atoms with Gasteiger partial charge in [-0.1, -0.05) is 42.1 Å². The van der Waals surface area contributed by atoms with Crippen LogP contribution >= 0.6 is 11.8 Å². The summed E-state index contributed by atoms with van der Waals surface area (Å²) in [6.45, 7) is 2.13. The monoisotopic (exact) mass is 381 g/mol. The second kappa shape index (κ2) is 7.13. The number of nitrogens with one attached hydrogen (secondary N) is 1. The summed E-state index contributed by atoms with van der Waals surface area (Å²) in [4.78, 5) is 9.89. The van der Waals surface area contributed by atoms with Gasteiger partial charge in [-0.3, -0.25) is 9.97 Å². The molecule has 3 heterocycles. The largest absolute Gasteiger partial charge is 0.368 e. The van der Waals surface area contributed by atoms with E-state index in [2.05, 4.69) is 70.7 Å². The average Bonchev–Trinajstić information content (AvgIpc) is 3.18. The van der Waals surface area contributed by atoms with Crippen molar-refractivity contribution in [3.63, 3.8) is 0 Å². The fourth-order valence-corrected chi connectivity index (χ4v) is 4.73. The molecule has 4 aromatic rings. The van der Waals surface area contributed by atoms with Gasteiger partial charge in [-0.25, -0.2) is 0 Å². The fraction of sp³-hybridized carbons (Fsp3) is 0.0833. The average molecular weight is 382 g/mol. The Bertz CT molecular complexity index is 1130. The quantitative estimate of drug-likeness (QED) is 0.450. The molecule has 0 saturated heterocycles. The molecule has 1 unspecified atom stereocenters. The van der Waals surface area contributed by atoms with Gasteiger partial charge in [0.1, 0.15) is 5.37 Å². The minimum Gasteiger partial charge on any atom is -0.368 e. The lowest BCUT2D eigenvalue weighted by atomic mass is 9.96. The molecule has 2 aromatic heterocycles. The van der Waals surface area contributed by atoms with E-state index in [1.54, 1.807) is 0 Å². The first-order chi connectivity index (χ1) is 13.8. The van der Waals surface area contributed by atoms with Gasteiger partial charge in [-0.05, 0) is 65.1 Å². The van der Waals surface area contributed by atoms with Gasteiger partial charge in [0.15, 0.2) is 0 Å². The first-order valence-corrected chi connectivity index (χ1v) is 10.1. The smallest absolute Gasteiger partial charge is 0.103 e. The second-order valence-electron chi connectivity index (χ2n) is 6.93. The van der Waals surface area contributed by atoms with Gasteiger partial charge in [0.05, 0.1) is 0 Å². The highest BCUT2D eigenvalue weighted by Crippen LogP contribution is 2.49. The van der Waals surface area contributed by atoms with Crippen molar-refractivity contribution >= 4 is 17.4 Å². The maximum absolute atomic E-state index is 4.32. The van der Waals surface area contributed by atoms with Crippen LogP contribution in [-0.4, -0.2) is 9.97 Å². The highest BCUT2D eigenvalue weighted by Gasteiger charge is 2.25. The Kier molecular flexibility index (Phi) is 4.34. The summed E-state index contributed by atoms with van der Waals surface area (Å²) in [6.07, 6.45) is 7.46. The normalized spacial score (nSPS) is 15.1. The van der Waals surface area contributed by atoms with Crippen LogP contribution in [0.15, 0.2) is 90.3 Å². The predicted octanol–water partition coefficient (Wildman–Crippen LogP) is 6.34. The van der Waals surface area contributed by atoms with Gasteiger partial charge in [0, 0.05) is 40.9 Å². The van der Waals surface area contributed by atoms with E-state index in [0.717, 1.165) is 11.1 Å². The van der Waals surface area contributed by atoms with Crippen molar-refractivity contribution in [3.8, 4) is 22.3 Å². The summed E-state index contributed by atoms with van der Waals surface area (Å²) in [7, 11) is 0. The van der Waals surface area contributed by atoms with Crippen molar-refractivity contribution < 1.29 is 0 Å². The Hall–Kier alpha value is -3.11. The number of aryl methyl sites for hydroxylation is 1. The maximum Gasteiger partial charge on any atom is 0.103 e. The summed E-state index contributed by atoms with van der Waals surface area (Å²) in [6, 6.07) is 21.4. The van der Waals surface area contributed by atoms with Crippen molar-refractivity contribution in [2.45, 2.75) is 17.2 Å². The van der Waals surface area contributed by atoms with Crippen LogP contribution < -0.4 is 5.32 Å². The molecule has 5 rings (SSSR count). The van der Waals surface area contributed by atoms with Crippen LogP contribution in [0.2, 0.25) is 0 Å². The molecule has 1 N–H and O–H groups in total. The van der Waals surface area contributed by atoms with Crippen molar-refractivity contribution in [1.82, 2.24) is 9.97 Å². The molecule has 0 amide bonds. The minimum atomic E-state index is 0.156. The molecule has 3 nitrogen and oxygen atoms in total. The lowest BCUT2D eigenvalue weighted by Gasteiger charge is -2.18. The molecule has 0 aliphatic carbocycles. The van der Waals surface area contributed by atoms with E-state index in [0.29, 0.717) is 0 Å². The van der Waals surface area contributed by atoms with Crippen molar-refractivity contribution in [1.29, 1.82) is 0 Å². The molecular formula is C24H19N3S. The maximum atomic E-state index is 4.32. The zero-order valence-electron chi connectivity index (χ0n) is 15.5. The van der Waals surface area contributed by atoms with E-state index >= 15 is 0 Å². The summed E-state index contributed by atoms with van der Waals surface area (Å²) >= 11 is 1.86. The van der Waals surface area contributed by atoms with Gasteiger partial charge >= 0.3 is 0 Å². The second-order valence-corrected chi connectivity index (χ2v) is 8.07. The number of anilines is 1. The van der Waals surface area contributed by atoms with E-state index in [-0.39, 0.29) is 5.37 Å². The van der Waals surface area contributed by atoms with Gasteiger partial charge in [-0.15, -0.1) is 0 Å². The van der Waals surface area contributed by atoms with E-state index in [1.165, 1.54) is 32.8 Å². The zero-order valence-corrected chi connectivity index (χ0v) is 16.3. The van der Waals surface area contributed by atoms with E-state index in [1.807, 2.05) is 48.7 Å². The number of hydrogen-bond donors (Lipinski definition) is 1. The van der Waals surface area contributed by atoms with Crippen LogP contribution in [0.3, 0.4) is 0 Å². The Labute approximate surface area is 168 Å². The molecule has 4 heteroatoms. The number of fused-ring (bicyclic) bond motifs is 1.